The van der Waals surface area contributed by atoms with Crippen molar-refractivity contribution in [3.63, 3.8) is 0 Å². The van der Waals surface area contributed by atoms with Gasteiger partial charge in [-0.25, -0.2) is 4.39 Å². The van der Waals surface area contributed by atoms with Crippen molar-refractivity contribution in [2.24, 2.45) is 5.73 Å². The van der Waals surface area contributed by atoms with Gasteiger partial charge in [0.05, 0.1) is 0 Å². The van der Waals surface area contributed by atoms with Crippen LogP contribution < -0.4 is 5.73 Å². The number of hydrogen-bond acceptors (Lipinski definition) is 1. The molecule has 0 heterocycles. The van der Waals surface area contributed by atoms with E-state index in [1.165, 1.54) is 12.1 Å². The fourth-order valence-electron chi connectivity index (χ4n) is 0.770. The number of nitrogens with two attached hydrogens (primary N) is 1. The van der Waals surface area contributed by atoms with Crippen LogP contribution in [-0.4, -0.2) is 6.54 Å². The summed E-state index contributed by atoms with van der Waals surface area (Å²) >= 11 is 0. The molecule has 0 atom stereocenters. The lowest BCUT2D eigenvalue weighted by atomic mass is 10.2. The van der Waals surface area contributed by atoms with Crippen molar-refractivity contribution in [1.82, 2.24) is 0 Å². The lowest BCUT2D eigenvalue weighted by Gasteiger charge is -1.88. The minimum absolute atomic E-state index is 0.237. The lowest BCUT2D eigenvalue weighted by Crippen LogP contribution is -1.95. The highest BCUT2D eigenvalue weighted by Gasteiger charge is 1.87. The van der Waals surface area contributed by atoms with E-state index < -0.39 is 0 Å². The van der Waals surface area contributed by atoms with E-state index in [2.05, 4.69) is 11.8 Å². The van der Waals surface area contributed by atoms with Gasteiger partial charge in [0.15, 0.2) is 0 Å². The zero-order valence-electron chi connectivity index (χ0n) is 6.68. The molecule has 0 saturated carbocycles. The van der Waals surface area contributed by atoms with Crippen LogP contribution in [-0.2, 0) is 0 Å². The lowest BCUT2D eigenvalue weighted by molar-refractivity contribution is 0.627. The normalized spacial score (nSPS) is 8.83. The van der Waals surface area contributed by atoms with Gasteiger partial charge < -0.3 is 5.73 Å². The first-order chi connectivity index (χ1) is 5.83. The summed E-state index contributed by atoms with van der Waals surface area (Å²) in [4.78, 5) is 0. The third-order valence-electron chi connectivity index (χ3n) is 1.35. The van der Waals surface area contributed by atoms with Crippen LogP contribution >= 0.6 is 0 Å². The average molecular weight is 163 g/mol. The van der Waals surface area contributed by atoms with E-state index in [1.54, 1.807) is 12.1 Å². The van der Waals surface area contributed by atoms with Crippen LogP contribution in [0.3, 0.4) is 0 Å². The first kappa shape index (κ1) is 8.76. The molecule has 0 amide bonds. The molecule has 2 N–H and O–H groups in total. The smallest absolute Gasteiger partial charge is 0.123 e. The summed E-state index contributed by atoms with van der Waals surface area (Å²) < 4.78 is 12.4. The second kappa shape index (κ2) is 4.53. The maximum atomic E-state index is 12.4. The van der Waals surface area contributed by atoms with Crippen LogP contribution in [0.2, 0.25) is 0 Å². The van der Waals surface area contributed by atoms with E-state index in [1.807, 2.05) is 0 Å². The molecule has 0 aliphatic carbocycles. The monoisotopic (exact) mass is 163 g/mol. The first-order valence-corrected chi connectivity index (χ1v) is 3.77. The molecule has 62 valence electrons. The van der Waals surface area contributed by atoms with Crippen LogP contribution in [0.25, 0.3) is 0 Å². The van der Waals surface area contributed by atoms with E-state index in [9.17, 15) is 4.39 Å². The highest BCUT2D eigenvalue weighted by Crippen LogP contribution is 2.00. The summed E-state index contributed by atoms with van der Waals surface area (Å²) in [6, 6.07) is 6.09. The second-order valence-corrected chi connectivity index (χ2v) is 2.35. The van der Waals surface area contributed by atoms with Crippen LogP contribution in [0.4, 0.5) is 4.39 Å². The van der Waals surface area contributed by atoms with Crippen LogP contribution in [0.15, 0.2) is 24.3 Å². The molecule has 0 aromatic heterocycles. The van der Waals surface area contributed by atoms with Gasteiger partial charge in [0.25, 0.3) is 0 Å². The minimum Gasteiger partial charge on any atom is -0.330 e. The molecule has 0 unspecified atom stereocenters. The summed E-state index contributed by atoms with van der Waals surface area (Å²) in [5.41, 5.74) is 6.08. The van der Waals surface area contributed by atoms with E-state index in [0.717, 1.165) is 5.56 Å². The molecule has 0 fully saturated rings. The van der Waals surface area contributed by atoms with Crippen LogP contribution in [0.5, 0.6) is 0 Å². The Bertz CT molecular complexity index is 292. The number of halogens is 1. The molecule has 1 nitrogen and oxygen atoms in total. The van der Waals surface area contributed by atoms with E-state index in [0.29, 0.717) is 13.0 Å². The number of rotatable bonds is 1. The van der Waals surface area contributed by atoms with E-state index in [-0.39, 0.29) is 5.82 Å². The topological polar surface area (TPSA) is 26.0 Å². The molecule has 2 heteroatoms. The molecule has 0 spiro atoms. The summed E-state index contributed by atoms with van der Waals surface area (Å²) in [7, 11) is 0. The van der Waals surface area contributed by atoms with Crippen molar-refractivity contribution < 1.29 is 4.39 Å². The van der Waals surface area contributed by atoms with Crippen molar-refractivity contribution in [2.75, 3.05) is 6.54 Å². The Morgan fingerprint density at radius 2 is 1.92 bits per heavy atom. The zero-order chi connectivity index (χ0) is 8.81. The Hall–Kier alpha value is -1.33. The molecule has 0 aliphatic heterocycles. The third-order valence-corrected chi connectivity index (χ3v) is 1.35. The molecule has 0 aliphatic rings. The van der Waals surface area contributed by atoms with Crippen LogP contribution in [0, 0.1) is 17.7 Å². The van der Waals surface area contributed by atoms with Crippen molar-refractivity contribution in [3.05, 3.63) is 35.6 Å². The highest BCUT2D eigenvalue weighted by atomic mass is 19.1. The maximum absolute atomic E-state index is 12.4. The molecule has 0 bridgehead atoms. The third kappa shape index (κ3) is 2.73. The van der Waals surface area contributed by atoms with Gasteiger partial charge in [-0.2, -0.15) is 0 Å². The average Bonchev–Trinajstić information content (AvgIpc) is 2.09. The standard InChI is InChI=1S/C10H10FN/c11-10-6-4-9(5-7-10)3-1-2-8-12/h4-7H,2,8,12H2. The fraction of sp³-hybridized carbons (Fsp3) is 0.200. The van der Waals surface area contributed by atoms with Crippen LogP contribution in [0.1, 0.15) is 12.0 Å². The highest BCUT2D eigenvalue weighted by molar-refractivity contribution is 5.33. The van der Waals surface area contributed by atoms with E-state index in [4.69, 9.17) is 5.73 Å². The van der Waals surface area contributed by atoms with E-state index >= 15 is 0 Å². The SMILES string of the molecule is NCCC#Cc1ccc(F)cc1. The molecule has 12 heavy (non-hydrogen) atoms. The van der Waals surface area contributed by atoms with Crippen molar-refractivity contribution in [3.8, 4) is 11.8 Å². The van der Waals surface area contributed by atoms with Gasteiger partial charge >= 0.3 is 0 Å². The van der Waals surface area contributed by atoms with Crippen molar-refractivity contribution in [1.29, 1.82) is 0 Å². The molecule has 1 rings (SSSR count). The number of hydrogen-bond donors (Lipinski definition) is 1. The Kier molecular flexibility index (Phi) is 3.31. The largest absolute Gasteiger partial charge is 0.330 e. The summed E-state index contributed by atoms with van der Waals surface area (Å²) in [5, 5.41) is 0. The second-order valence-electron chi connectivity index (χ2n) is 2.35. The molecule has 0 radical (unpaired) electrons. The van der Waals surface area contributed by atoms with Crippen molar-refractivity contribution >= 4 is 0 Å². The van der Waals surface area contributed by atoms with Gasteiger partial charge in [-0.3, -0.25) is 0 Å². The molecule has 0 saturated heterocycles. The summed E-state index contributed by atoms with van der Waals surface area (Å²) in [5.74, 6) is 5.51. The first-order valence-electron chi connectivity index (χ1n) is 3.77. The van der Waals surface area contributed by atoms with Crippen molar-refractivity contribution in [2.45, 2.75) is 6.42 Å². The van der Waals surface area contributed by atoms with Gasteiger partial charge in [0.2, 0.25) is 0 Å². The van der Waals surface area contributed by atoms with Gasteiger partial charge in [0, 0.05) is 18.5 Å². The summed E-state index contributed by atoms with van der Waals surface area (Å²) in [6.45, 7) is 0.564. The zero-order valence-corrected chi connectivity index (χ0v) is 6.68. The fourth-order valence-corrected chi connectivity index (χ4v) is 0.770. The molecular weight excluding hydrogens is 153 g/mol. The predicted molar refractivity (Wildman–Crippen MR) is 46.9 cm³/mol. The molecular formula is C10H10FN. The van der Waals surface area contributed by atoms with Gasteiger partial charge in [0.1, 0.15) is 5.82 Å². The Morgan fingerprint density at radius 3 is 2.50 bits per heavy atom. The minimum atomic E-state index is -0.237. The van der Waals surface area contributed by atoms with Gasteiger partial charge in [-0.15, -0.1) is 0 Å². The molecule has 1 aromatic rings. The molecule has 1 aromatic carbocycles. The van der Waals surface area contributed by atoms with Gasteiger partial charge in [-0.05, 0) is 24.3 Å². The maximum Gasteiger partial charge on any atom is 0.123 e. The number of benzene rings is 1. The Balaban J connectivity index is 2.66. The Morgan fingerprint density at radius 1 is 1.25 bits per heavy atom. The predicted octanol–water partition coefficient (Wildman–Crippen LogP) is 1.53. The Labute approximate surface area is 71.4 Å². The van der Waals surface area contributed by atoms with Gasteiger partial charge in [-0.1, -0.05) is 11.8 Å². The summed E-state index contributed by atoms with van der Waals surface area (Å²) in [6.07, 6.45) is 0.678. The quantitative estimate of drug-likeness (QED) is 0.624.